The third-order valence-corrected chi connectivity index (χ3v) is 4.25. The van der Waals surface area contributed by atoms with Crippen molar-refractivity contribution in [2.24, 2.45) is 12.0 Å². The fourth-order valence-corrected chi connectivity index (χ4v) is 2.91. The molecule has 2 heterocycles. The number of aryl methyl sites for hydroxylation is 1. The van der Waals surface area contributed by atoms with Crippen LogP contribution >= 0.6 is 23.4 Å². The van der Waals surface area contributed by atoms with Gasteiger partial charge in [0.2, 0.25) is 0 Å². The Morgan fingerprint density at radius 1 is 1.41 bits per heavy atom. The number of rotatable bonds is 2. The van der Waals surface area contributed by atoms with Gasteiger partial charge in [-0.25, -0.2) is 9.38 Å². The summed E-state index contributed by atoms with van der Waals surface area (Å²) in [6, 6.07) is 7.97. The lowest BCUT2D eigenvalue weighted by molar-refractivity contribution is -0.115. The van der Waals surface area contributed by atoms with Gasteiger partial charge in [-0.3, -0.25) is 4.79 Å². The molecule has 0 radical (unpaired) electrons. The standard InChI is InChI=1S/C15H11ClFN3OS/c1-20-6-2-3-10(20)8-13-14(21)19-15(22-13)18-9-4-5-12(17)11(16)7-9/h2-8H,1H3,(H,18,19,21)/b13-8+. The van der Waals surface area contributed by atoms with Crippen LogP contribution in [-0.4, -0.2) is 15.6 Å². The van der Waals surface area contributed by atoms with Crippen molar-refractivity contribution in [1.29, 1.82) is 0 Å². The first-order valence-corrected chi connectivity index (χ1v) is 7.58. The van der Waals surface area contributed by atoms with E-state index in [4.69, 9.17) is 11.6 Å². The van der Waals surface area contributed by atoms with Gasteiger partial charge in [0, 0.05) is 18.9 Å². The molecule has 1 N–H and O–H groups in total. The van der Waals surface area contributed by atoms with Crippen LogP contribution in [0.1, 0.15) is 5.69 Å². The lowest BCUT2D eigenvalue weighted by atomic mass is 10.3. The molecule has 1 saturated heterocycles. The highest BCUT2D eigenvalue weighted by molar-refractivity contribution is 8.18. The zero-order chi connectivity index (χ0) is 15.7. The van der Waals surface area contributed by atoms with Gasteiger partial charge in [0.1, 0.15) is 5.82 Å². The maximum atomic E-state index is 13.1. The molecule has 0 unspecified atom stereocenters. The zero-order valence-corrected chi connectivity index (χ0v) is 13.1. The fraction of sp³-hybridized carbons (Fsp3) is 0.0667. The summed E-state index contributed by atoms with van der Waals surface area (Å²) in [7, 11) is 1.90. The summed E-state index contributed by atoms with van der Waals surface area (Å²) in [6.07, 6.45) is 3.69. The van der Waals surface area contributed by atoms with Crippen LogP contribution in [0, 0.1) is 5.82 Å². The summed E-state index contributed by atoms with van der Waals surface area (Å²) in [5.74, 6) is -0.712. The highest BCUT2D eigenvalue weighted by atomic mass is 35.5. The van der Waals surface area contributed by atoms with E-state index in [9.17, 15) is 9.18 Å². The molecule has 1 aromatic carbocycles. The van der Waals surface area contributed by atoms with E-state index in [1.54, 1.807) is 6.08 Å². The van der Waals surface area contributed by atoms with Gasteiger partial charge in [-0.05, 0) is 48.2 Å². The molecule has 0 atom stereocenters. The smallest absolute Gasteiger partial charge is 0.264 e. The monoisotopic (exact) mass is 335 g/mol. The highest BCUT2D eigenvalue weighted by Gasteiger charge is 2.24. The molecule has 0 spiro atoms. The Labute approximate surface area is 135 Å². The van der Waals surface area contributed by atoms with Crippen molar-refractivity contribution >= 4 is 46.2 Å². The van der Waals surface area contributed by atoms with Crippen molar-refractivity contribution in [3.63, 3.8) is 0 Å². The highest BCUT2D eigenvalue weighted by Crippen LogP contribution is 2.29. The number of hydrogen-bond acceptors (Lipinski definition) is 3. The van der Waals surface area contributed by atoms with Crippen LogP contribution in [0.2, 0.25) is 5.02 Å². The summed E-state index contributed by atoms with van der Waals surface area (Å²) < 4.78 is 15.0. The number of halogens is 2. The van der Waals surface area contributed by atoms with Crippen molar-refractivity contribution in [3.05, 3.63) is 58.0 Å². The molecule has 4 nitrogen and oxygen atoms in total. The van der Waals surface area contributed by atoms with Gasteiger partial charge in [0.25, 0.3) is 5.91 Å². The summed E-state index contributed by atoms with van der Waals surface area (Å²) in [5, 5.41) is 3.11. The van der Waals surface area contributed by atoms with E-state index in [-0.39, 0.29) is 10.9 Å². The molecule has 1 aliphatic heterocycles. The minimum Gasteiger partial charge on any atom is -0.351 e. The zero-order valence-electron chi connectivity index (χ0n) is 11.5. The minimum absolute atomic E-state index is 0.00394. The predicted octanol–water partition coefficient (Wildman–Crippen LogP) is 3.71. The predicted molar refractivity (Wildman–Crippen MR) is 87.6 cm³/mol. The second-order valence-electron chi connectivity index (χ2n) is 4.62. The minimum atomic E-state index is -0.502. The number of nitrogens with zero attached hydrogens (tertiary/aromatic N) is 2. The normalized spacial score (nSPS) is 18.2. The van der Waals surface area contributed by atoms with E-state index in [0.29, 0.717) is 15.8 Å². The van der Waals surface area contributed by atoms with E-state index in [1.165, 1.54) is 30.0 Å². The van der Waals surface area contributed by atoms with Gasteiger partial charge >= 0.3 is 0 Å². The molecule has 3 rings (SSSR count). The van der Waals surface area contributed by atoms with Crippen LogP contribution in [0.15, 0.2) is 46.4 Å². The Balaban J connectivity index is 1.85. The Morgan fingerprint density at radius 3 is 2.91 bits per heavy atom. The Morgan fingerprint density at radius 2 is 2.23 bits per heavy atom. The molecule has 1 aliphatic rings. The van der Waals surface area contributed by atoms with Crippen molar-refractivity contribution < 1.29 is 9.18 Å². The molecular formula is C15H11ClFN3OS. The van der Waals surface area contributed by atoms with E-state index in [2.05, 4.69) is 10.3 Å². The molecule has 22 heavy (non-hydrogen) atoms. The number of nitrogens with one attached hydrogen (secondary N) is 1. The van der Waals surface area contributed by atoms with Crippen LogP contribution in [0.5, 0.6) is 0 Å². The molecule has 0 aliphatic carbocycles. The number of thioether (sulfide) groups is 1. The maximum Gasteiger partial charge on any atom is 0.264 e. The molecule has 112 valence electrons. The number of carbonyl (C=O) groups excluding carboxylic acids is 1. The van der Waals surface area contributed by atoms with Gasteiger partial charge in [-0.15, -0.1) is 0 Å². The maximum absolute atomic E-state index is 13.1. The van der Waals surface area contributed by atoms with Gasteiger partial charge in [0.05, 0.1) is 15.6 Å². The Hall–Kier alpha value is -2.05. The Kier molecular flexibility index (Phi) is 4.04. The topological polar surface area (TPSA) is 46.4 Å². The van der Waals surface area contributed by atoms with Crippen LogP contribution < -0.4 is 5.32 Å². The molecule has 0 saturated carbocycles. The molecule has 7 heteroatoms. The molecule has 1 amide bonds. The molecule has 1 fully saturated rings. The number of amides is 1. The van der Waals surface area contributed by atoms with Crippen molar-refractivity contribution in [2.45, 2.75) is 0 Å². The quantitative estimate of drug-likeness (QED) is 0.850. The fourth-order valence-electron chi connectivity index (χ4n) is 1.91. The molecular weight excluding hydrogens is 325 g/mol. The van der Waals surface area contributed by atoms with Crippen molar-refractivity contribution in [2.75, 3.05) is 0 Å². The number of benzene rings is 1. The van der Waals surface area contributed by atoms with Crippen LogP contribution in [0.3, 0.4) is 0 Å². The second kappa shape index (κ2) is 5.98. The lowest BCUT2D eigenvalue weighted by Gasteiger charge is -1.98. The van der Waals surface area contributed by atoms with E-state index < -0.39 is 5.82 Å². The van der Waals surface area contributed by atoms with Crippen LogP contribution in [0.25, 0.3) is 6.08 Å². The van der Waals surface area contributed by atoms with Gasteiger partial charge < -0.3 is 9.88 Å². The number of hydrogen-bond donors (Lipinski definition) is 1. The van der Waals surface area contributed by atoms with E-state index >= 15 is 0 Å². The molecule has 1 aromatic heterocycles. The van der Waals surface area contributed by atoms with Crippen LogP contribution in [-0.2, 0) is 11.8 Å². The first-order chi connectivity index (χ1) is 10.5. The Bertz CT molecular complexity index is 813. The van der Waals surface area contributed by atoms with Gasteiger partial charge in [-0.2, -0.15) is 0 Å². The number of aromatic nitrogens is 1. The van der Waals surface area contributed by atoms with Crippen molar-refractivity contribution in [3.8, 4) is 0 Å². The summed E-state index contributed by atoms with van der Waals surface area (Å²) in [5.41, 5.74) is 1.40. The third-order valence-electron chi connectivity index (χ3n) is 3.05. The molecule has 0 bridgehead atoms. The van der Waals surface area contributed by atoms with Gasteiger partial charge in [0.15, 0.2) is 5.17 Å². The van der Waals surface area contributed by atoms with Crippen molar-refractivity contribution in [1.82, 2.24) is 9.88 Å². The van der Waals surface area contributed by atoms with E-state index in [0.717, 1.165) is 5.69 Å². The van der Waals surface area contributed by atoms with Gasteiger partial charge in [-0.1, -0.05) is 11.6 Å². The largest absolute Gasteiger partial charge is 0.351 e. The van der Waals surface area contributed by atoms with Crippen LogP contribution in [0.4, 0.5) is 10.1 Å². The lowest BCUT2D eigenvalue weighted by Crippen LogP contribution is -2.19. The second-order valence-corrected chi connectivity index (χ2v) is 6.06. The first kappa shape index (κ1) is 14.9. The average molecular weight is 336 g/mol. The summed E-state index contributed by atoms with van der Waals surface area (Å²) >= 11 is 6.95. The van der Waals surface area contributed by atoms with E-state index in [1.807, 2.05) is 29.9 Å². The third kappa shape index (κ3) is 3.08. The number of carbonyl (C=O) groups is 1. The molecule has 2 aromatic rings. The SMILES string of the molecule is Cn1cccc1/C=C1/SC(=Nc2ccc(F)c(Cl)c2)NC1=O. The summed E-state index contributed by atoms with van der Waals surface area (Å²) in [4.78, 5) is 16.8. The summed E-state index contributed by atoms with van der Waals surface area (Å²) in [6.45, 7) is 0. The number of amidine groups is 1. The number of aliphatic imine (C=N–C) groups is 1. The first-order valence-electron chi connectivity index (χ1n) is 6.39. The average Bonchev–Trinajstić information content (AvgIpc) is 3.02.